The van der Waals surface area contributed by atoms with Crippen molar-refractivity contribution in [2.24, 2.45) is 0 Å². The maximum Gasteiger partial charge on any atom is 0.173 e. The molecule has 0 N–H and O–H groups in total. The van der Waals surface area contributed by atoms with E-state index in [1.165, 1.54) is 0 Å². The summed E-state index contributed by atoms with van der Waals surface area (Å²) in [5.74, 6) is 2.28. The molecular formula is C12H9N3S2. The fourth-order valence-electron chi connectivity index (χ4n) is 1.51. The van der Waals surface area contributed by atoms with Gasteiger partial charge in [0, 0.05) is 0 Å². The number of hydrogen-bond donors (Lipinski definition) is 0. The van der Waals surface area contributed by atoms with Crippen molar-refractivity contribution in [2.75, 3.05) is 0 Å². The summed E-state index contributed by atoms with van der Waals surface area (Å²) in [7, 11) is 0. The lowest BCUT2D eigenvalue weighted by Crippen LogP contribution is -1.97. The van der Waals surface area contributed by atoms with Crippen molar-refractivity contribution in [3.63, 3.8) is 0 Å². The molecule has 0 bridgehead atoms. The molecule has 0 unspecified atom stereocenters. The Morgan fingerprint density at radius 1 is 0.824 bits per heavy atom. The highest BCUT2D eigenvalue weighted by Gasteiger charge is 2.09. The van der Waals surface area contributed by atoms with Crippen LogP contribution >= 0.6 is 22.7 Å². The van der Waals surface area contributed by atoms with E-state index in [9.17, 15) is 0 Å². The fourth-order valence-corrected chi connectivity index (χ4v) is 2.83. The third-order valence-corrected chi connectivity index (χ3v) is 3.96. The van der Waals surface area contributed by atoms with Crippen LogP contribution in [0.1, 0.15) is 5.82 Å². The van der Waals surface area contributed by atoms with Crippen LogP contribution in [0.15, 0.2) is 35.0 Å². The Hall–Kier alpha value is -1.59. The summed E-state index contributed by atoms with van der Waals surface area (Å²) in [6.45, 7) is 1.90. The number of rotatable bonds is 2. The zero-order valence-electron chi connectivity index (χ0n) is 9.12. The quantitative estimate of drug-likeness (QED) is 0.705. The van der Waals surface area contributed by atoms with Crippen molar-refractivity contribution in [3.8, 4) is 21.4 Å². The fraction of sp³-hybridized carbons (Fsp3) is 0.0833. The Morgan fingerprint density at radius 2 is 1.35 bits per heavy atom. The third-order valence-electron chi connectivity index (χ3n) is 2.23. The second kappa shape index (κ2) is 4.35. The van der Waals surface area contributed by atoms with E-state index in [1.807, 2.05) is 41.9 Å². The molecule has 0 saturated carbocycles. The molecule has 0 amide bonds. The van der Waals surface area contributed by atoms with E-state index in [0.29, 0.717) is 0 Å². The molecule has 84 valence electrons. The maximum atomic E-state index is 4.52. The SMILES string of the molecule is Cc1nc(-c2cccs2)nc(-c2cccs2)n1. The minimum absolute atomic E-state index is 0.756. The first kappa shape index (κ1) is 10.6. The second-order valence-corrected chi connectivity index (χ2v) is 5.38. The number of thiophene rings is 2. The third kappa shape index (κ3) is 2.11. The summed E-state index contributed by atoms with van der Waals surface area (Å²) >= 11 is 3.28. The van der Waals surface area contributed by atoms with Crippen LogP contribution in [0.2, 0.25) is 0 Å². The molecule has 0 radical (unpaired) electrons. The lowest BCUT2D eigenvalue weighted by atomic mass is 10.4. The molecule has 17 heavy (non-hydrogen) atoms. The Bertz CT molecular complexity index is 563. The van der Waals surface area contributed by atoms with Crippen molar-refractivity contribution in [1.82, 2.24) is 15.0 Å². The lowest BCUT2D eigenvalue weighted by Gasteiger charge is -2.01. The van der Waals surface area contributed by atoms with Gasteiger partial charge in [-0.2, -0.15) is 0 Å². The van der Waals surface area contributed by atoms with Crippen LogP contribution in [0.25, 0.3) is 21.4 Å². The van der Waals surface area contributed by atoms with E-state index >= 15 is 0 Å². The molecule has 3 aromatic heterocycles. The van der Waals surface area contributed by atoms with Crippen LogP contribution in [0.3, 0.4) is 0 Å². The van der Waals surface area contributed by atoms with E-state index in [1.54, 1.807) is 22.7 Å². The van der Waals surface area contributed by atoms with Crippen molar-refractivity contribution >= 4 is 22.7 Å². The van der Waals surface area contributed by atoms with Crippen LogP contribution < -0.4 is 0 Å². The van der Waals surface area contributed by atoms with Crippen LogP contribution in [0, 0.1) is 6.92 Å². The van der Waals surface area contributed by atoms with E-state index < -0.39 is 0 Å². The van der Waals surface area contributed by atoms with Gasteiger partial charge in [0.05, 0.1) is 9.75 Å². The number of hydrogen-bond acceptors (Lipinski definition) is 5. The molecule has 3 heterocycles. The number of nitrogens with zero attached hydrogens (tertiary/aromatic N) is 3. The van der Waals surface area contributed by atoms with E-state index in [4.69, 9.17) is 0 Å². The molecule has 5 heteroatoms. The predicted molar refractivity (Wildman–Crippen MR) is 71.2 cm³/mol. The van der Waals surface area contributed by atoms with Gasteiger partial charge in [0.15, 0.2) is 11.6 Å². The standard InChI is InChI=1S/C12H9N3S2/c1-8-13-11(9-4-2-6-16-9)15-12(14-8)10-5-3-7-17-10/h2-7H,1H3. The normalized spacial score (nSPS) is 10.6. The minimum atomic E-state index is 0.756. The Labute approximate surface area is 107 Å². The minimum Gasteiger partial charge on any atom is -0.212 e. The zero-order valence-corrected chi connectivity index (χ0v) is 10.8. The second-order valence-electron chi connectivity index (χ2n) is 3.48. The first-order chi connectivity index (χ1) is 8.33. The monoisotopic (exact) mass is 259 g/mol. The Kier molecular flexibility index (Phi) is 2.70. The summed E-state index contributed by atoms with van der Waals surface area (Å²) in [5, 5.41) is 4.05. The number of aryl methyl sites for hydroxylation is 1. The molecule has 0 aliphatic heterocycles. The molecule has 3 nitrogen and oxygen atoms in total. The zero-order chi connectivity index (χ0) is 11.7. The largest absolute Gasteiger partial charge is 0.212 e. The molecule has 3 aromatic rings. The summed E-state index contributed by atoms with van der Waals surface area (Å²) in [4.78, 5) is 15.4. The van der Waals surface area contributed by atoms with Gasteiger partial charge in [-0.05, 0) is 29.8 Å². The van der Waals surface area contributed by atoms with Crippen molar-refractivity contribution < 1.29 is 0 Å². The molecule has 3 rings (SSSR count). The molecule has 0 spiro atoms. The van der Waals surface area contributed by atoms with Crippen molar-refractivity contribution in [1.29, 1.82) is 0 Å². The first-order valence-corrected chi connectivity index (χ1v) is 6.89. The summed E-state index contributed by atoms with van der Waals surface area (Å²) in [6.07, 6.45) is 0. The molecule has 0 fully saturated rings. The first-order valence-electron chi connectivity index (χ1n) is 5.13. The molecule has 0 saturated heterocycles. The van der Waals surface area contributed by atoms with Crippen LogP contribution in [-0.4, -0.2) is 15.0 Å². The van der Waals surface area contributed by atoms with E-state index in [2.05, 4.69) is 15.0 Å². The molecule has 0 atom stereocenters. The Morgan fingerprint density at radius 3 is 1.76 bits per heavy atom. The van der Waals surface area contributed by atoms with Crippen LogP contribution in [-0.2, 0) is 0 Å². The lowest BCUT2D eigenvalue weighted by molar-refractivity contribution is 0.998. The molecule has 0 aromatic carbocycles. The van der Waals surface area contributed by atoms with Gasteiger partial charge in [0.25, 0.3) is 0 Å². The average Bonchev–Trinajstić information content (AvgIpc) is 3.02. The highest BCUT2D eigenvalue weighted by Crippen LogP contribution is 2.25. The average molecular weight is 259 g/mol. The topological polar surface area (TPSA) is 38.7 Å². The van der Waals surface area contributed by atoms with Gasteiger partial charge < -0.3 is 0 Å². The van der Waals surface area contributed by atoms with Gasteiger partial charge in [0.1, 0.15) is 5.82 Å². The molecule has 0 aliphatic rings. The van der Waals surface area contributed by atoms with Gasteiger partial charge >= 0.3 is 0 Å². The Balaban J connectivity index is 2.13. The summed E-state index contributed by atoms with van der Waals surface area (Å²) in [5.41, 5.74) is 0. The van der Waals surface area contributed by atoms with Gasteiger partial charge in [0.2, 0.25) is 0 Å². The smallest absolute Gasteiger partial charge is 0.173 e. The van der Waals surface area contributed by atoms with Crippen molar-refractivity contribution in [2.45, 2.75) is 6.92 Å². The maximum absolute atomic E-state index is 4.52. The number of aromatic nitrogens is 3. The molecule has 0 aliphatic carbocycles. The van der Waals surface area contributed by atoms with Crippen LogP contribution in [0.4, 0.5) is 0 Å². The predicted octanol–water partition coefficient (Wildman–Crippen LogP) is 3.64. The van der Waals surface area contributed by atoms with Gasteiger partial charge in [-0.15, -0.1) is 22.7 Å². The highest BCUT2D eigenvalue weighted by molar-refractivity contribution is 7.13. The van der Waals surface area contributed by atoms with E-state index in [-0.39, 0.29) is 0 Å². The van der Waals surface area contributed by atoms with Gasteiger partial charge in [-0.3, -0.25) is 0 Å². The summed E-state index contributed by atoms with van der Waals surface area (Å²) < 4.78 is 0. The van der Waals surface area contributed by atoms with Crippen LogP contribution in [0.5, 0.6) is 0 Å². The molecular weight excluding hydrogens is 250 g/mol. The summed E-state index contributed by atoms with van der Waals surface area (Å²) in [6, 6.07) is 8.06. The van der Waals surface area contributed by atoms with Crippen molar-refractivity contribution in [3.05, 3.63) is 40.8 Å². The van der Waals surface area contributed by atoms with Gasteiger partial charge in [-0.1, -0.05) is 12.1 Å². The van der Waals surface area contributed by atoms with Gasteiger partial charge in [-0.25, -0.2) is 15.0 Å². The highest BCUT2D eigenvalue weighted by atomic mass is 32.1. The van der Waals surface area contributed by atoms with E-state index in [0.717, 1.165) is 27.2 Å².